The van der Waals surface area contributed by atoms with E-state index in [9.17, 15) is 4.79 Å². The number of pyridine rings is 1. The highest BCUT2D eigenvalue weighted by atomic mass is 35.5. The number of halogens is 2. The molecule has 5 rings (SSSR count). The highest BCUT2D eigenvalue weighted by molar-refractivity contribution is 6.30. The lowest BCUT2D eigenvalue weighted by atomic mass is 9.58. The summed E-state index contributed by atoms with van der Waals surface area (Å²) in [6.07, 6.45) is 7.17. The van der Waals surface area contributed by atoms with Crippen LogP contribution >= 0.6 is 23.2 Å². The summed E-state index contributed by atoms with van der Waals surface area (Å²) in [6.45, 7) is 5.97. The largest absolute Gasteiger partial charge is 0.351 e. The maximum atomic E-state index is 13.7. The molecule has 1 amide bonds. The summed E-state index contributed by atoms with van der Waals surface area (Å²) in [5, 5.41) is 4.92. The van der Waals surface area contributed by atoms with Gasteiger partial charge in [0.1, 0.15) is 0 Å². The first-order valence-corrected chi connectivity index (χ1v) is 13.0. The highest BCUT2D eigenvalue weighted by Gasteiger charge is 2.59. The van der Waals surface area contributed by atoms with Gasteiger partial charge in [-0.15, -0.1) is 6.58 Å². The van der Waals surface area contributed by atoms with Gasteiger partial charge in [0, 0.05) is 22.2 Å². The predicted octanol–water partition coefficient (Wildman–Crippen LogP) is 7.34. The van der Waals surface area contributed by atoms with Crippen LogP contribution in [0.1, 0.15) is 55.3 Å². The summed E-state index contributed by atoms with van der Waals surface area (Å²) in [5.41, 5.74) is 2.20. The number of benzene rings is 2. The Morgan fingerprint density at radius 2 is 1.86 bits per heavy atom. The third-order valence-corrected chi connectivity index (χ3v) is 8.39. The Balaban J connectivity index is 1.75. The molecule has 2 unspecified atom stereocenters. The fourth-order valence-electron chi connectivity index (χ4n) is 6.14. The Kier molecular flexibility index (Phi) is 6.50. The summed E-state index contributed by atoms with van der Waals surface area (Å²) < 4.78 is 0. The molecule has 4 atom stereocenters. The van der Waals surface area contributed by atoms with Crippen molar-refractivity contribution in [1.29, 1.82) is 0 Å². The second-order valence-corrected chi connectivity index (χ2v) is 11.1. The van der Waals surface area contributed by atoms with Gasteiger partial charge in [-0.3, -0.25) is 9.78 Å². The molecule has 2 heterocycles. The molecule has 1 aliphatic carbocycles. The smallest absolute Gasteiger partial charge is 0.226 e. The van der Waals surface area contributed by atoms with Crippen molar-refractivity contribution in [2.45, 2.75) is 50.0 Å². The fourth-order valence-corrected chi connectivity index (χ4v) is 6.47. The van der Waals surface area contributed by atoms with Crippen LogP contribution in [0, 0.1) is 11.3 Å². The average Bonchev–Trinajstić information content (AvgIpc) is 3.69. The van der Waals surface area contributed by atoms with Crippen LogP contribution in [0.5, 0.6) is 0 Å². The van der Waals surface area contributed by atoms with Gasteiger partial charge >= 0.3 is 0 Å². The standard InChI is InChI=1S/C30H30Cl2N2O/c1-3-16-29(2)19-25(20-7-6-8-24(32)18-20)27(34-28(29)35)30(21-10-11-21,26-9-4-5-17-33-26)22-12-14-23(31)15-13-22/h3-9,12-15,17-18,21,25,27H,1,10-11,16,19H2,2H3,(H,34,35)/t25-,27+,29?,30?/m1/s1. The monoisotopic (exact) mass is 504 g/mol. The molecule has 180 valence electrons. The van der Waals surface area contributed by atoms with Crippen molar-refractivity contribution >= 4 is 29.1 Å². The van der Waals surface area contributed by atoms with Crippen molar-refractivity contribution in [3.8, 4) is 0 Å². The maximum absolute atomic E-state index is 13.7. The minimum absolute atomic E-state index is 0.0367. The van der Waals surface area contributed by atoms with Crippen LogP contribution in [-0.4, -0.2) is 16.9 Å². The van der Waals surface area contributed by atoms with E-state index in [2.05, 4.69) is 36.2 Å². The lowest BCUT2D eigenvalue weighted by Gasteiger charge is -2.51. The number of nitrogens with zero attached hydrogens (tertiary/aromatic N) is 1. The number of hydrogen-bond acceptors (Lipinski definition) is 2. The highest BCUT2D eigenvalue weighted by Crippen LogP contribution is 2.58. The number of hydrogen-bond donors (Lipinski definition) is 1. The van der Waals surface area contributed by atoms with Crippen molar-refractivity contribution in [2.75, 3.05) is 0 Å². The molecular formula is C30H30Cl2N2O. The van der Waals surface area contributed by atoms with Gasteiger partial charge in [-0.2, -0.15) is 0 Å². The third-order valence-electron chi connectivity index (χ3n) is 7.90. The second-order valence-electron chi connectivity index (χ2n) is 10.2. The summed E-state index contributed by atoms with van der Waals surface area (Å²) in [7, 11) is 0. The van der Waals surface area contributed by atoms with Crippen LogP contribution in [0.15, 0.2) is 85.6 Å². The van der Waals surface area contributed by atoms with Gasteiger partial charge in [-0.05, 0) is 79.1 Å². The van der Waals surface area contributed by atoms with E-state index in [0.717, 1.165) is 29.7 Å². The van der Waals surface area contributed by atoms with Crippen LogP contribution in [0.3, 0.4) is 0 Å². The molecule has 1 N–H and O–H groups in total. The van der Waals surface area contributed by atoms with Gasteiger partial charge < -0.3 is 5.32 Å². The molecule has 1 aliphatic heterocycles. The number of amides is 1. The molecule has 5 heteroatoms. The maximum Gasteiger partial charge on any atom is 0.226 e. The molecule has 1 saturated heterocycles. The summed E-state index contributed by atoms with van der Waals surface area (Å²) in [6, 6.07) is 22.1. The molecular weight excluding hydrogens is 475 g/mol. The van der Waals surface area contributed by atoms with E-state index in [1.165, 1.54) is 0 Å². The Hall–Kier alpha value is -2.62. The zero-order chi connectivity index (χ0) is 24.6. The van der Waals surface area contributed by atoms with Crippen LogP contribution in [0.4, 0.5) is 0 Å². The number of carbonyl (C=O) groups excluding carboxylic acids is 1. The van der Waals surface area contributed by atoms with Crippen molar-refractivity contribution in [3.05, 3.63) is 112 Å². The quantitative estimate of drug-likeness (QED) is 0.342. The van der Waals surface area contributed by atoms with Gasteiger partial charge in [-0.1, -0.05) is 66.5 Å². The molecule has 35 heavy (non-hydrogen) atoms. The van der Waals surface area contributed by atoms with E-state index in [0.29, 0.717) is 28.8 Å². The average molecular weight is 505 g/mol. The molecule has 0 spiro atoms. The van der Waals surface area contributed by atoms with E-state index in [4.69, 9.17) is 28.2 Å². The normalized spacial score (nSPS) is 26.0. The molecule has 1 aromatic heterocycles. The van der Waals surface area contributed by atoms with Crippen molar-refractivity contribution in [2.24, 2.45) is 11.3 Å². The van der Waals surface area contributed by atoms with Crippen LogP contribution in [-0.2, 0) is 10.2 Å². The van der Waals surface area contributed by atoms with Crippen LogP contribution < -0.4 is 5.32 Å². The Morgan fingerprint density at radius 1 is 1.09 bits per heavy atom. The van der Waals surface area contributed by atoms with E-state index in [1.54, 1.807) is 0 Å². The van der Waals surface area contributed by atoms with Gasteiger partial charge in [0.25, 0.3) is 0 Å². The Bertz CT molecular complexity index is 1220. The van der Waals surface area contributed by atoms with E-state index in [-0.39, 0.29) is 17.9 Å². The summed E-state index contributed by atoms with van der Waals surface area (Å²) in [5.74, 6) is 0.458. The fraction of sp³-hybridized carbons (Fsp3) is 0.333. The first-order chi connectivity index (χ1) is 16.9. The molecule has 3 aromatic rings. The minimum atomic E-state index is -0.551. The first kappa shape index (κ1) is 24.1. The van der Waals surface area contributed by atoms with Crippen molar-refractivity contribution < 1.29 is 4.79 Å². The minimum Gasteiger partial charge on any atom is -0.351 e. The van der Waals surface area contributed by atoms with Crippen LogP contribution in [0.2, 0.25) is 10.0 Å². The lowest BCUT2D eigenvalue weighted by molar-refractivity contribution is -0.135. The van der Waals surface area contributed by atoms with Gasteiger partial charge in [0.2, 0.25) is 5.91 Å². The number of carbonyl (C=O) groups is 1. The van der Waals surface area contributed by atoms with Crippen molar-refractivity contribution in [3.63, 3.8) is 0 Å². The van der Waals surface area contributed by atoms with Crippen LogP contribution in [0.25, 0.3) is 0 Å². The van der Waals surface area contributed by atoms with Gasteiger partial charge in [0.15, 0.2) is 0 Å². The Labute approximate surface area is 217 Å². The molecule has 2 fully saturated rings. The third kappa shape index (κ3) is 4.30. The molecule has 2 aliphatic rings. The Morgan fingerprint density at radius 3 is 2.49 bits per heavy atom. The predicted molar refractivity (Wildman–Crippen MR) is 143 cm³/mol. The number of aromatic nitrogens is 1. The molecule has 3 nitrogen and oxygen atoms in total. The lowest BCUT2D eigenvalue weighted by Crippen LogP contribution is -2.62. The summed E-state index contributed by atoms with van der Waals surface area (Å²) >= 11 is 12.8. The second kappa shape index (κ2) is 9.44. The number of nitrogens with one attached hydrogen (secondary N) is 1. The number of allylic oxidation sites excluding steroid dienone is 1. The van der Waals surface area contributed by atoms with Gasteiger partial charge in [-0.25, -0.2) is 0 Å². The number of rotatable bonds is 7. The molecule has 2 aromatic carbocycles. The zero-order valence-corrected chi connectivity index (χ0v) is 21.4. The van der Waals surface area contributed by atoms with E-state index in [1.807, 2.05) is 61.7 Å². The summed E-state index contributed by atoms with van der Waals surface area (Å²) in [4.78, 5) is 18.6. The molecule has 1 saturated carbocycles. The van der Waals surface area contributed by atoms with E-state index >= 15 is 0 Å². The van der Waals surface area contributed by atoms with Crippen molar-refractivity contribution in [1.82, 2.24) is 10.3 Å². The SMILES string of the molecule is C=CCC1(C)C[C@H](c2cccc(Cl)c2)[C@@H](C(c2ccc(Cl)cc2)(c2ccccn2)C2CC2)NC1=O. The molecule has 0 radical (unpaired) electrons. The van der Waals surface area contributed by atoms with Gasteiger partial charge in [0.05, 0.1) is 22.6 Å². The van der Waals surface area contributed by atoms with E-state index < -0.39 is 10.8 Å². The first-order valence-electron chi connectivity index (χ1n) is 12.2. The topological polar surface area (TPSA) is 42.0 Å². The number of piperidine rings is 1. The molecule has 0 bridgehead atoms. The zero-order valence-electron chi connectivity index (χ0n) is 19.9.